The number of carbonyl (C=O) groups excluding carboxylic acids is 2. The van der Waals surface area contributed by atoms with Crippen molar-refractivity contribution in [3.05, 3.63) is 29.8 Å². The molecule has 4 N–H and O–H groups in total. The van der Waals surface area contributed by atoms with Crippen LogP contribution in [0, 0.1) is 0 Å². The number of carbonyl (C=O) groups is 2. The summed E-state index contributed by atoms with van der Waals surface area (Å²) in [7, 11) is 0. The SMILES string of the molecule is CC(C)(C)OC(=O)NCCCCNC(=O)OCc1ccc(N)cc1. The highest BCUT2D eigenvalue weighted by Gasteiger charge is 2.15. The number of hydrogen-bond donors (Lipinski definition) is 3. The van der Waals surface area contributed by atoms with Crippen LogP contribution in [-0.4, -0.2) is 30.9 Å². The molecule has 0 spiro atoms. The molecule has 0 unspecified atom stereocenters. The Bertz CT molecular complexity index is 524. The zero-order valence-electron chi connectivity index (χ0n) is 14.6. The third-order valence-corrected chi connectivity index (χ3v) is 2.89. The zero-order valence-corrected chi connectivity index (χ0v) is 14.6. The lowest BCUT2D eigenvalue weighted by Gasteiger charge is -2.19. The average Bonchev–Trinajstić information content (AvgIpc) is 2.48. The number of nitrogens with one attached hydrogen (secondary N) is 2. The molecular weight excluding hydrogens is 310 g/mol. The molecule has 1 aromatic carbocycles. The molecule has 0 aliphatic carbocycles. The molecule has 24 heavy (non-hydrogen) atoms. The Labute approximate surface area is 142 Å². The van der Waals surface area contributed by atoms with Crippen molar-refractivity contribution in [2.75, 3.05) is 18.8 Å². The fourth-order valence-electron chi connectivity index (χ4n) is 1.76. The molecule has 1 rings (SSSR count). The van der Waals surface area contributed by atoms with Crippen LogP contribution in [0.15, 0.2) is 24.3 Å². The van der Waals surface area contributed by atoms with Gasteiger partial charge in [-0.25, -0.2) is 9.59 Å². The van der Waals surface area contributed by atoms with Gasteiger partial charge in [0.1, 0.15) is 12.2 Å². The fraction of sp³-hybridized carbons (Fsp3) is 0.529. The van der Waals surface area contributed by atoms with Crippen molar-refractivity contribution in [2.45, 2.75) is 45.8 Å². The Morgan fingerprint density at radius 2 is 1.54 bits per heavy atom. The Balaban J connectivity index is 2.03. The number of benzene rings is 1. The largest absolute Gasteiger partial charge is 0.445 e. The summed E-state index contributed by atoms with van der Waals surface area (Å²) in [5, 5.41) is 5.32. The van der Waals surface area contributed by atoms with E-state index in [1.807, 2.05) is 32.9 Å². The lowest BCUT2D eigenvalue weighted by atomic mass is 10.2. The van der Waals surface area contributed by atoms with Gasteiger partial charge in [-0.2, -0.15) is 0 Å². The third kappa shape index (κ3) is 9.55. The van der Waals surface area contributed by atoms with Crippen molar-refractivity contribution in [1.29, 1.82) is 0 Å². The van der Waals surface area contributed by atoms with E-state index in [-0.39, 0.29) is 6.61 Å². The number of rotatable bonds is 7. The van der Waals surface area contributed by atoms with E-state index >= 15 is 0 Å². The second kappa shape index (κ2) is 9.64. The van der Waals surface area contributed by atoms with Crippen LogP contribution in [0.5, 0.6) is 0 Å². The molecule has 0 aromatic heterocycles. The first-order chi connectivity index (χ1) is 11.3. The van der Waals surface area contributed by atoms with Crippen molar-refractivity contribution in [1.82, 2.24) is 10.6 Å². The van der Waals surface area contributed by atoms with Gasteiger partial charge >= 0.3 is 12.2 Å². The normalized spacial score (nSPS) is 10.8. The minimum Gasteiger partial charge on any atom is -0.445 e. The first kappa shape index (κ1) is 19.6. The molecule has 0 radical (unpaired) electrons. The molecule has 0 fully saturated rings. The predicted octanol–water partition coefficient (Wildman–Crippen LogP) is 2.80. The van der Waals surface area contributed by atoms with Crippen LogP contribution in [-0.2, 0) is 16.1 Å². The summed E-state index contributed by atoms with van der Waals surface area (Å²) < 4.78 is 10.2. The number of amides is 2. The average molecular weight is 337 g/mol. The highest BCUT2D eigenvalue weighted by Crippen LogP contribution is 2.07. The van der Waals surface area contributed by atoms with Crippen LogP contribution >= 0.6 is 0 Å². The molecule has 0 aliphatic rings. The van der Waals surface area contributed by atoms with Gasteiger partial charge in [0.15, 0.2) is 0 Å². The lowest BCUT2D eigenvalue weighted by molar-refractivity contribution is 0.0526. The Morgan fingerprint density at radius 1 is 1.00 bits per heavy atom. The second-order valence-electron chi connectivity index (χ2n) is 6.38. The maximum atomic E-state index is 11.5. The molecule has 0 bridgehead atoms. The highest BCUT2D eigenvalue weighted by atomic mass is 16.6. The predicted molar refractivity (Wildman–Crippen MR) is 92.5 cm³/mol. The minimum absolute atomic E-state index is 0.201. The van der Waals surface area contributed by atoms with Gasteiger partial charge in [-0.3, -0.25) is 0 Å². The first-order valence-corrected chi connectivity index (χ1v) is 7.98. The van der Waals surface area contributed by atoms with Gasteiger partial charge in [0, 0.05) is 18.8 Å². The number of nitrogens with two attached hydrogens (primary N) is 1. The van der Waals surface area contributed by atoms with Gasteiger partial charge in [-0.1, -0.05) is 12.1 Å². The fourth-order valence-corrected chi connectivity index (χ4v) is 1.76. The molecule has 7 nitrogen and oxygen atoms in total. The van der Waals surface area contributed by atoms with Crippen molar-refractivity contribution < 1.29 is 19.1 Å². The quantitative estimate of drug-likeness (QED) is 0.524. The van der Waals surface area contributed by atoms with E-state index in [0.717, 1.165) is 18.4 Å². The number of ether oxygens (including phenoxy) is 2. The third-order valence-electron chi connectivity index (χ3n) is 2.89. The minimum atomic E-state index is -0.500. The lowest BCUT2D eigenvalue weighted by Crippen LogP contribution is -2.33. The summed E-state index contributed by atoms with van der Waals surface area (Å²) in [6.45, 7) is 6.62. The van der Waals surface area contributed by atoms with Gasteiger partial charge < -0.3 is 25.8 Å². The smallest absolute Gasteiger partial charge is 0.407 e. The Hall–Kier alpha value is -2.44. The van der Waals surface area contributed by atoms with Crippen LogP contribution < -0.4 is 16.4 Å². The number of nitrogen functional groups attached to an aromatic ring is 1. The summed E-state index contributed by atoms with van der Waals surface area (Å²) in [6, 6.07) is 7.14. The standard InChI is InChI=1S/C17H27N3O4/c1-17(2,3)24-16(22)20-11-5-4-10-19-15(21)23-12-13-6-8-14(18)9-7-13/h6-9H,4-5,10-12,18H2,1-3H3,(H,19,21)(H,20,22). The summed E-state index contributed by atoms with van der Waals surface area (Å²) in [5.74, 6) is 0. The van der Waals surface area contributed by atoms with Gasteiger partial charge in [0.05, 0.1) is 0 Å². The number of unbranched alkanes of at least 4 members (excludes halogenated alkanes) is 1. The van der Waals surface area contributed by atoms with Crippen LogP contribution in [0.2, 0.25) is 0 Å². The highest BCUT2D eigenvalue weighted by molar-refractivity contribution is 5.67. The number of anilines is 1. The van der Waals surface area contributed by atoms with E-state index in [0.29, 0.717) is 18.8 Å². The van der Waals surface area contributed by atoms with Crippen LogP contribution in [0.3, 0.4) is 0 Å². The molecule has 7 heteroatoms. The van der Waals surface area contributed by atoms with E-state index in [2.05, 4.69) is 10.6 Å². The molecule has 134 valence electrons. The maximum Gasteiger partial charge on any atom is 0.407 e. The summed E-state index contributed by atoms with van der Waals surface area (Å²) in [4.78, 5) is 22.9. The zero-order chi connectivity index (χ0) is 18.0. The first-order valence-electron chi connectivity index (χ1n) is 7.98. The summed E-state index contributed by atoms with van der Waals surface area (Å²) in [5.41, 5.74) is 6.63. The van der Waals surface area contributed by atoms with Gasteiger partial charge in [-0.05, 0) is 51.3 Å². The van der Waals surface area contributed by atoms with Crippen molar-refractivity contribution in [3.63, 3.8) is 0 Å². The Kier molecular flexibility index (Phi) is 7.88. The van der Waals surface area contributed by atoms with Crippen molar-refractivity contribution >= 4 is 17.9 Å². The molecule has 0 atom stereocenters. The molecule has 0 aliphatic heterocycles. The maximum absolute atomic E-state index is 11.5. The molecule has 0 saturated carbocycles. The van der Waals surface area contributed by atoms with Crippen LogP contribution in [0.1, 0.15) is 39.2 Å². The van der Waals surface area contributed by atoms with E-state index in [1.54, 1.807) is 12.1 Å². The molecule has 0 heterocycles. The van der Waals surface area contributed by atoms with Crippen molar-refractivity contribution in [3.8, 4) is 0 Å². The monoisotopic (exact) mass is 337 g/mol. The second-order valence-corrected chi connectivity index (χ2v) is 6.38. The molecule has 2 amide bonds. The van der Waals surface area contributed by atoms with Gasteiger partial charge in [-0.15, -0.1) is 0 Å². The molecule has 1 aromatic rings. The van der Waals surface area contributed by atoms with E-state index in [1.165, 1.54) is 0 Å². The molecule has 0 saturated heterocycles. The molecular formula is C17H27N3O4. The van der Waals surface area contributed by atoms with Crippen LogP contribution in [0.4, 0.5) is 15.3 Å². The number of alkyl carbamates (subject to hydrolysis) is 2. The van der Waals surface area contributed by atoms with E-state index in [4.69, 9.17) is 15.2 Å². The number of hydrogen-bond acceptors (Lipinski definition) is 5. The van der Waals surface area contributed by atoms with Crippen LogP contribution in [0.25, 0.3) is 0 Å². The van der Waals surface area contributed by atoms with Gasteiger partial charge in [0.25, 0.3) is 0 Å². The van der Waals surface area contributed by atoms with Crippen molar-refractivity contribution in [2.24, 2.45) is 0 Å². The summed E-state index contributed by atoms with van der Waals surface area (Å²) in [6.07, 6.45) is 0.565. The summed E-state index contributed by atoms with van der Waals surface area (Å²) >= 11 is 0. The van der Waals surface area contributed by atoms with E-state index in [9.17, 15) is 9.59 Å². The Morgan fingerprint density at radius 3 is 2.08 bits per heavy atom. The van der Waals surface area contributed by atoms with E-state index < -0.39 is 17.8 Å². The van der Waals surface area contributed by atoms with Gasteiger partial charge in [0.2, 0.25) is 0 Å². The topological polar surface area (TPSA) is 103 Å².